The molecular formula is C13H22N2O4. The molecule has 1 aliphatic rings. The van der Waals surface area contributed by atoms with Gasteiger partial charge in [0.05, 0.1) is 5.41 Å². The molecule has 0 aliphatic carbocycles. The molecule has 19 heavy (non-hydrogen) atoms. The van der Waals surface area contributed by atoms with Gasteiger partial charge >= 0.3 is 12.0 Å². The molecule has 108 valence electrons. The molecule has 1 rings (SSSR count). The Hall–Kier alpha value is -1.59. The zero-order valence-electron chi connectivity index (χ0n) is 11.9. The van der Waals surface area contributed by atoms with E-state index in [-0.39, 0.29) is 12.5 Å². The molecule has 1 fully saturated rings. The van der Waals surface area contributed by atoms with Crippen molar-refractivity contribution in [3.63, 3.8) is 0 Å². The van der Waals surface area contributed by atoms with E-state index in [0.29, 0.717) is 6.42 Å². The summed E-state index contributed by atoms with van der Waals surface area (Å²) in [7, 11) is 0. The third-order valence-electron chi connectivity index (χ3n) is 3.51. The van der Waals surface area contributed by atoms with Gasteiger partial charge in [-0.2, -0.15) is 0 Å². The SMILES string of the molecule is CCCCC1(C)NC(=O)N(CC(C)(C)C(=O)O)C1=O. The van der Waals surface area contributed by atoms with E-state index in [1.165, 1.54) is 13.8 Å². The van der Waals surface area contributed by atoms with Gasteiger partial charge in [-0.3, -0.25) is 14.5 Å². The van der Waals surface area contributed by atoms with Crippen molar-refractivity contribution in [2.24, 2.45) is 5.41 Å². The lowest BCUT2D eigenvalue weighted by Crippen LogP contribution is -2.45. The molecule has 1 aliphatic heterocycles. The summed E-state index contributed by atoms with van der Waals surface area (Å²) in [6, 6.07) is -0.502. The van der Waals surface area contributed by atoms with Crippen LogP contribution in [0.5, 0.6) is 0 Å². The van der Waals surface area contributed by atoms with Gasteiger partial charge in [-0.15, -0.1) is 0 Å². The number of carboxylic acids is 1. The molecule has 2 N–H and O–H groups in total. The Morgan fingerprint density at radius 3 is 2.47 bits per heavy atom. The molecule has 3 amide bonds. The number of nitrogens with one attached hydrogen (secondary N) is 1. The summed E-state index contributed by atoms with van der Waals surface area (Å²) in [5, 5.41) is 11.7. The van der Waals surface area contributed by atoms with Gasteiger partial charge in [0.15, 0.2) is 0 Å². The first-order valence-corrected chi connectivity index (χ1v) is 6.51. The number of imide groups is 1. The van der Waals surface area contributed by atoms with E-state index in [4.69, 9.17) is 5.11 Å². The number of carbonyl (C=O) groups is 3. The van der Waals surface area contributed by atoms with Crippen LogP contribution in [0.2, 0.25) is 0 Å². The third kappa shape index (κ3) is 3.05. The molecule has 0 aromatic rings. The second-order valence-corrected chi connectivity index (χ2v) is 5.95. The van der Waals surface area contributed by atoms with E-state index in [0.717, 1.165) is 17.7 Å². The highest BCUT2D eigenvalue weighted by atomic mass is 16.4. The zero-order chi connectivity index (χ0) is 14.8. The first kappa shape index (κ1) is 15.5. The highest BCUT2D eigenvalue weighted by molar-refractivity contribution is 6.07. The average Bonchev–Trinajstić information content (AvgIpc) is 2.51. The molecule has 0 radical (unpaired) electrons. The van der Waals surface area contributed by atoms with Crippen molar-refractivity contribution in [1.82, 2.24) is 10.2 Å². The van der Waals surface area contributed by atoms with Crippen molar-refractivity contribution in [2.45, 2.75) is 52.5 Å². The van der Waals surface area contributed by atoms with Crippen LogP contribution < -0.4 is 5.32 Å². The van der Waals surface area contributed by atoms with E-state index in [9.17, 15) is 14.4 Å². The minimum absolute atomic E-state index is 0.116. The number of carboxylic acid groups (broad SMARTS) is 1. The number of carbonyl (C=O) groups excluding carboxylic acids is 2. The monoisotopic (exact) mass is 270 g/mol. The number of nitrogens with zero attached hydrogens (tertiary/aromatic N) is 1. The quantitative estimate of drug-likeness (QED) is 0.718. The van der Waals surface area contributed by atoms with Crippen LogP contribution in [0.3, 0.4) is 0 Å². The highest BCUT2D eigenvalue weighted by Crippen LogP contribution is 2.27. The van der Waals surface area contributed by atoms with E-state index in [2.05, 4.69) is 5.32 Å². The molecule has 1 unspecified atom stereocenters. The lowest BCUT2D eigenvalue weighted by molar-refractivity contribution is -0.148. The second-order valence-electron chi connectivity index (χ2n) is 5.95. The van der Waals surface area contributed by atoms with Crippen LogP contribution in [0.4, 0.5) is 4.79 Å². The molecule has 0 saturated carbocycles. The lowest BCUT2D eigenvalue weighted by atomic mass is 9.91. The summed E-state index contributed by atoms with van der Waals surface area (Å²) in [6.45, 7) is 6.58. The molecule has 6 heteroatoms. The van der Waals surface area contributed by atoms with Gasteiger partial charge in [0.25, 0.3) is 5.91 Å². The number of hydrogen-bond donors (Lipinski definition) is 2. The van der Waals surface area contributed by atoms with Gasteiger partial charge < -0.3 is 10.4 Å². The van der Waals surface area contributed by atoms with E-state index in [1.54, 1.807) is 6.92 Å². The maximum absolute atomic E-state index is 12.3. The topological polar surface area (TPSA) is 86.7 Å². The van der Waals surface area contributed by atoms with E-state index >= 15 is 0 Å². The van der Waals surface area contributed by atoms with Crippen LogP contribution in [0, 0.1) is 5.41 Å². The molecule has 1 saturated heterocycles. The van der Waals surface area contributed by atoms with Gasteiger partial charge in [-0.1, -0.05) is 19.8 Å². The van der Waals surface area contributed by atoms with Crippen LogP contribution in [0.25, 0.3) is 0 Å². The summed E-state index contributed by atoms with van der Waals surface area (Å²) in [5.74, 6) is -1.37. The second kappa shape index (κ2) is 5.19. The normalized spacial score (nSPS) is 23.7. The minimum atomic E-state index is -1.15. The molecule has 0 spiro atoms. The Morgan fingerprint density at radius 1 is 1.42 bits per heavy atom. The van der Waals surface area contributed by atoms with Crippen molar-refractivity contribution >= 4 is 17.9 Å². The van der Waals surface area contributed by atoms with Crippen LogP contribution in [0.1, 0.15) is 47.0 Å². The van der Waals surface area contributed by atoms with Crippen LogP contribution in [-0.2, 0) is 9.59 Å². The highest BCUT2D eigenvalue weighted by Gasteiger charge is 2.49. The molecule has 1 atom stereocenters. The summed E-state index contributed by atoms with van der Waals surface area (Å²) in [5.41, 5.74) is -2.05. The number of urea groups is 1. The van der Waals surface area contributed by atoms with Gasteiger partial charge in [0.2, 0.25) is 0 Å². The van der Waals surface area contributed by atoms with Crippen molar-refractivity contribution in [3.05, 3.63) is 0 Å². The van der Waals surface area contributed by atoms with E-state index < -0.39 is 23.0 Å². The van der Waals surface area contributed by atoms with Gasteiger partial charge in [0, 0.05) is 6.54 Å². The first-order chi connectivity index (χ1) is 8.64. The summed E-state index contributed by atoms with van der Waals surface area (Å²) < 4.78 is 0. The van der Waals surface area contributed by atoms with Crippen LogP contribution >= 0.6 is 0 Å². The summed E-state index contributed by atoms with van der Waals surface area (Å²) in [4.78, 5) is 36.3. The maximum Gasteiger partial charge on any atom is 0.325 e. The number of aliphatic carboxylic acids is 1. The molecular weight excluding hydrogens is 248 g/mol. The predicted molar refractivity (Wildman–Crippen MR) is 69.6 cm³/mol. The van der Waals surface area contributed by atoms with E-state index in [1.807, 2.05) is 6.92 Å². The Balaban J connectivity index is 2.85. The maximum atomic E-state index is 12.3. The van der Waals surface area contributed by atoms with Crippen molar-refractivity contribution in [3.8, 4) is 0 Å². The predicted octanol–water partition coefficient (Wildman–Crippen LogP) is 1.60. The smallest absolute Gasteiger partial charge is 0.325 e. The Morgan fingerprint density at radius 2 is 2.00 bits per heavy atom. The van der Waals surface area contributed by atoms with Crippen molar-refractivity contribution in [2.75, 3.05) is 6.54 Å². The number of amides is 3. The summed E-state index contributed by atoms with van der Waals surface area (Å²) >= 11 is 0. The Labute approximate surface area is 113 Å². The van der Waals surface area contributed by atoms with Gasteiger partial charge in [0.1, 0.15) is 5.54 Å². The first-order valence-electron chi connectivity index (χ1n) is 6.51. The van der Waals surface area contributed by atoms with Crippen LogP contribution in [0.15, 0.2) is 0 Å². The van der Waals surface area contributed by atoms with Crippen molar-refractivity contribution < 1.29 is 19.5 Å². The zero-order valence-corrected chi connectivity index (χ0v) is 11.9. The average molecular weight is 270 g/mol. The van der Waals surface area contributed by atoms with Gasteiger partial charge in [-0.05, 0) is 27.2 Å². The largest absolute Gasteiger partial charge is 0.481 e. The lowest BCUT2D eigenvalue weighted by Gasteiger charge is -2.25. The fourth-order valence-electron chi connectivity index (χ4n) is 2.05. The molecule has 1 heterocycles. The van der Waals surface area contributed by atoms with Gasteiger partial charge in [-0.25, -0.2) is 4.79 Å². The molecule has 0 aromatic carbocycles. The summed E-state index contributed by atoms with van der Waals surface area (Å²) in [6.07, 6.45) is 2.33. The minimum Gasteiger partial charge on any atom is -0.481 e. The standard InChI is InChI=1S/C13H22N2O4/c1-5-6-7-13(4)9(16)15(11(19)14-13)8-12(2,3)10(17)18/h5-8H2,1-4H3,(H,14,19)(H,17,18). The molecule has 6 nitrogen and oxygen atoms in total. The Bertz CT molecular complexity index is 405. The van der Waals surface area contributed by atoms with Crippen LogP contribution in [-0.4, -0.2) is 40.0 Å². The molecule has 0 bridgehead atoms. The third-order valence-corrected chi connectivity index (χ3v) is 3.51. The Kier molecular flexibility index (Phi) is 4.22. The number of rotatable bonds is 6. The fraction of sp³-hybridized carbons (Fsp3) is 0.769. The molecule has 0 aromatic heterocycles. The fourth-order valence-corrected chi connectivity index (χ4v) is 2.05. The van der Waals surface area contributed by atoms with Crippen molar-refractivity contribution in [1.29, 1.82) is 0 Å². The number of unbranched alkanes of at least 4 members (excludes halogenated alkanes) is 1. The number of hydrogen-bond acceptors (Lipinski definition) is 3.